The number of carbonyl (C=O) groups excluding carboxylic acids is 1. The maximum atomic E-state index is 12.7. The smallest absolute Gasteiger partial charge is 0.262 e. The first-order valence-corrected chi connectivity index (χ1v) is 10.2. The average Bonchev–Trinajstić information content (AvgIpc) is 2.91. The van der Waals surface area contributed by atoms with Gasteiger partial charge in [-0.2, -0.15) is 0 Å². The summed E-state index contributed by atoms with van der Waals surface area (Å²) in [6.45, 7) is 2.15. The Balaban J connectivity index is 1.97. The van der Waals surface area contributed by atoms with Crippen LogP contribution in [-0.4, -0.2) is 21.4 Å². The Morgan fingerprint density at radius 1 is 1.32 bits per heavy atom. The summed E-state index contributed by atoms with van der Waals surface area (Å²) in [5.74, 6) is 0.481. The van der Waals surface area contributed by atoms with Crippen LogP contribution in [0, 0.1) is 5.92 Å². The van der Waals surface area contributed by atoms with Crippen molar-refractivity contribution in [2.45, 2.75) is 31.1 Å². The molecule has 1 aromatic carbocycles. The van der Waals surface area contributed by atoms with E-state index in [1.165, 1.54) is 30.6 Å². The van der Waals surface area contributed by atoms with Crippen LogP contribution in [0.5, 0.6) is 5.75 Å². The Morgan fingerprint density at radius 3 is 2.60 bits per heavy atom. The van der Waals surface area contributed by atoms with Crippen molar-refractivity contribution in [3.8, 4) is 5.75 Å². The van der Waals surface area contributed by atoms with Gasteiger partial charge in [-0.1, -0.05) is 6.92 Å². The molecule has 6 nitrogen and oxygen atoms in total. The summed E-state index contributed by atoms with van der Waals surface area (Å²) in [4.78, 5) is 13.1. The van der Waals surface area contributed by atoms with Crippen molar-refractivity contribution in [3.63, 3.8) is 0 Å². The zero-order valence-corrected chi connectivity index (χ0v) is 15.7. The SMILES string of the molecule is COc1ccc(S(=O)(=O)Nc2sc3c(c2C(N)=O)CCC(C)C3)cc1. The van der Waals surface area contributed by atoms with E-state index in [1.807, 2.05) is 0 Å². The highest BCUT2D eigenvalue weighted by Crippen LogP contribution is 2.40. The molecule has 0 saturated heterocycles. The molecule has 0 spiro atoms. The number of primary amides is 1. The van der Waals surface area contributed by atoms with Crippen LogP contribution in [0.25, 0.3) is 0 Å². The normalized spacial score (nSPS) is 17.0. The number of hydrogen-bond donors (Lipinski definition) is 2. The van der Waals surface area contributed by atoms with E-state index < -0.39 is 15.9 Å². The Morgan fingerprint density at radius 2 is 2.00 bits per heavy atom. The number of nitrogens with one attached hydrogen (secondary N) is 1. The summed E-state index contributed by atoms with van der Waals surface area (Å²) >= 11 is 1.31. The summed E-state index contributed by atoms with van der Waals surface area (Å²) in [6.07, 6.45) is 2.55. The van der Waals surface area contributed by atoms with Crippen molar-refractivity contribution >= 4 is 32.3 Å². The molecule has 1 amide bonds. The summed E-state index contributed by atoms with van der Waals surface area (Å²) in [6, 6.07) is 6.07. The molecule has 0 radical (unpaired) electrons. The molecule has 0 saturated carbocycles. The third kappa shape index (κ3) is 3.50. The van der Waals surface area contributed by atoms with Crippen molar-refractivity contribution in [2.24, 2.45) is 11.7 Å². The molecular weight excluding hydrogens is 360 g/mol. The molecule has 1 atom stereocenters. The molecule has 0 bridgehead atoms. The number of carbonyl (C=O) groups is 1. The fourth-order valence-electron chi connectivity index (χ4n) is 3.02. The third-order valence-electron chi connectivity index (χ3n) is 4.35. The Kier molecular flexibility index (Phi) is 4.75. The molecule has 0 fully saturated rings. The first-order chi connectivity index (χ1) is 11.8. The number of sulfonamides is 1. The van der Waals surface area contributed by atoms with Crippen molar-refractivity contribution in [1.29, 1.82) is 0 Å². The van der Waals surface area contributed by atoms with Crippen LogP contribution in [0.15, 0.2) is 29.2 Å². The van der Waals surface area contributed by atoms with E-state index in [0.717, 1.165) is 29.7 Å². The molecule has 1 aliphatic rings. The molecule has 1 unspecified atom stereocenters. The summed E-state index contributed by atoms with van der Waals surface area (Å²) in [5.41, 5.74) is 6.73. The topological polar surface area (TPSA) is 98.5 Å². The molecule has 1 heterocycles. The number of amides is 1. The van der Waals surface area contributed by atoms with Crippen molar-refractivity contribution < 1.29 is 17.9 Å². The molecule has 2 aromatic rings. The van der Waals surface area contributed by atoms with Crippen molar-refractivity contribution in [1.82, 2.24) is 0 Å². The minimum atomic E-state index is -3.81. The highest BCUT2D eigenvalue weighted by atomic mass is 32.2. The zero-order valence-electron chi connectivity index (χ0n) is 14.0. The van der Waals surface area contributed by atoms with Gasteiger partial charge in [0, 0.05) is 4.88 Å². The number of benzene rings is 1. The second-order valence-electron chi connectivity index (χ2n) is 6.20. The number of fused-ring (bicyclic) bond motifs is 1. The Labute approximate surface area is 151 Å². The summed E-state index contributed by atoms with van der Waals surface area (Å²) in [5, 5.41) is 0.308. The van der Waals surface area contributed by atoms with Crippen molar-refractivity contribution in [2.75, 3.05) is 11.8 Å². The Hall–Kier alpha value is -2.06. The lowest BCUT2D eigenvalue weighted by atomic mass is 9.88. The number of hydrogen-bond acceptors (Lipinski definition) is 5. The molecule has 25 heavy (non-hydrogen) atoms. The van der Waals surface area contributed by atoms with Gasteiger partial charge in [0.2, 0.25) is 0 Å². The van der Waals surface area contributed by atoms with Gasteiger partial charge in [-0.25, -0.2) is 8.42 Å². The average molecular weight is 380 g/mol. The van der Waals surface area contributed by atoms with E-state index in [4.69, 9.17) is 10.5 Å². The fourth-order valence-corrected chi connectivity index (χ4v) is 5.74. The van der Waals surface area contributed by atoms with Crippen LogP contribution in [0.3, 0.4) is 0 Å². The molecule has 1 aromatic heterocycles. The predicted molar refractivity (Wildman–Crippen MR) is 97.8 cm³/mol. The molecule has 3 N–H and O–H groups in total. The van der Waals surface area contributed by atoms with Gasteiger partial charge in [0.05, 0.1) is 17.6 Å². The lowest BCUT2D eigenvalue weighted by Gasteiger charge is -2.18. The maximum absolute atomic E-state index is 12.7. The maximum Gasteiger partial charge on any atom is 0.262 e. The molecular formula is C17H20N2O4S2. The monoisotopic (exact) mass is 380 g/mol. The Bertz CT molecular complexity index is 901. The number of anilines is 1. The van der Waals surface area contributed by atoms with E-state index in [0.29, 0.717) is 22.2 Å². The van der Waals surface area contributed by atoms with Gasteiger partial charge in [0.25, 0.3) is 15.9 Å². The van der Waals surface area contributed by atoms with E-state index in [2.05, 4.69) is 11.6 Å². The number of thiophene rings is 1. The molecule has 3 rings (SSSR count). The van der Waals surface area contributed by atoms with E-state index >= 15 is 0 Å². The predicted octanol–water partition coefficient (Wildman–Crippen LogP) is 2.78. The van der Waals surface area contributed by atoms with E-state index in [9.17, 15) is 13.2 Å². The standard InChI is InChI=1S/C17H20N2O4S2/c1-10-3-8-13-14(9-10)24-17(15(13)16(18)20)19-25(21,22)12-6-4-11(23-2)5-7-12/h4-7,10,19H,3,8-9H2,1-2H3,(H2,18,20). The number of methoxy groups -OCH3 is 1. The minimum Gasteiger partial charge on any atom is -0.497 e. The zero-order chi connectivity index (χ0) is 18.2. The van der Waals surface area contributed by atoms with Gasteiger partial charge in [-0.15, -0.1) is 11.3 Å². The number of nitrogens with two attached hydrogens (primary N) is 1. The van der Waals surface area contributed by atoms with E-state index in [1.54, 1.807) is 12.1 Å². The largest absolute Gasteiger partial charge is 0.497 e. The highest BCUT2D eigenvalue weighted by Gasteiger charge is 2.28. The lowest BCUT2D eigenvalue weighted by molar-refractivity contribution is 0.100. The molecule has 0 aliphatic heterocycles. The van der Waals surface area contributed by atoms with Gasteiger partial charge < -0.3 is 10.5 Å². The quantitative estimate of drug-likeness (QED) is 0.833. The number of rotatable bonds is 5. The summed E-state index contributed by atoms with van der Waals surface area (Å²) in [7, 11) is -2.30. The van der Waals surface area contributed by atoms with Gasteiger partial charge >= 0.3 is 0 Å². The van der Waals surface area contributed by atoms with Gasteiger partial charge in [0.15, 0.2) is 0 Å². The van der Waals surface area contributed by atoms with Gasteiger partial charge in [-0.05, 0) is 55.0 Å². The number of ether oxygens (including phenoxy) is 1. The molecule has 8 heteroatoms. The van der Waals surface area contributed by atoms with Crippen LogP contribution < -0.4 is 15.2 Å². The fraction of sp³-hybridized carbons (Fsp3) is 0.353. The minimum absolute atomic E-state index is 0.100. The van der Waals surface area contributed by atoms with Crippen LogP contribution >= 0.6 is 11.3 Å². The lowest BCUT2D eigenvalue weighted by Crippen LogP contribution is -2.19. The second kappa shape index (κ2) is 6.68. The summed E-state index contributed by atoms with van der Waals surface area (Å²) < 4.78 is 32.9. The van der Waals surface area contributed by atoms with Crippen LogP contribution in [-0.2, 0) is 22.9 Å². The van der Waals surface area contributed by atoms with Crippen molar-refractivity contribution in [3.05, 3.63) is 40.3 Å². The highest BCUT2D eigenvalue weighted by molar-refractivity contribution is 7.93. The first-order valence-electron chi connectivity index (χ1n) is 7.93. The van der Waals surface area contributed by atoms with E-state index in [-0.39, 0.29) is 4.90 Å². The second-order valence-corrected chi connectivity index (χ2v) is 8.99. The van der Waals surface area contributed by atoms with Gasteiger partial charge in [-0.3, -0.25) is 9.52 Å². The van der Waals surface area contributed by atoms with Crippen LogP contribution in [0.1, 0.15) is 34.1 Å². The van der Waals surface area contributed by atoms with Crippen LogP contribution in [0.4, 0.5) is 5.00 Å². The third-order valence-corrected chi connectivity index (χ3v) is 7.02. The molecule has 1 aliphatic carbocycles. The first kappa shape index (κ1) is 17.8. The van der Waals surface area contributed by atoms with Crippen LogP contribution in [0.2, 0.25) is 0 Å². The molecule has 134 valence electrons. The van der Waals surface area contributed by atoms with Gasteiger partial charge in [0.1, 0.15) is 10.8 Å².